The predicted molar refractivity (Wildman–Crippen MR) is 102 cm³/mol. The van der Waals surface area contributed by atoms with Crippen LogP contribution in [-0.2, 0) is 19.4 Å². The number of halogens is 2. The first-order chi connectivity index (χ1) is 12.6. The molecule has 0 radical (unpaired) electrons. The molecule has 3 rings (SSSR count). The van der Waals surface area contributed by atoms with E-state index in [1.807, 2.05) is 6.07 Å². The largest absolute Gasteiger partial charge is 0.271 e. The molecule has 0 saturated carbocycles. The van der Waals surface area contributed by atoms with Crippen LogP contribution in [0.1, 0.15) is 18.9 Å². The molecule has 0 aliphatic carbocycles. The second-order valence-electron chi connectivity index (χ2n) is 6.37. The molecule has 2 amide bonds. The van der Waals surface area contributed by atoms with Gasteiger partial charge in [-0.15, -0.1) is 0 Å². The normalized spacial score (nSPS) is 23.9. The van der Waals surface area contributed by atoms with Gasteiger partial charge in [0.05, 0.1) is 17.5 Å². The molecule has 2 aliphatic rings. The molecule has 1 unspecified atom stereocenters. The van der Waals surface area contributed by atoms with E-state index in [1.165, 1.54) is 19.1 Å². The Balaban J connectivity index is 2.12. The first-order valence-corrected chi connectivity index (χ1v) is 10.6. The molecular weight excluding hydrogens is 411 g/mol. The van der Waals surface area contributed by atoms with Crippen molar-refractivity contribution in [2.24, 2.45) is 0 Å². The average molecular weight is 425 g/mol. The van der Waals surface area contributed by atoms with Gasteiger partial charge in [0.15, 0.2) is 9.84 Å². The topological polar surface area (TPSA) is 95.3 Å². The van der Waals surface area contributed by atoms with Crippen LogP contribution in [0.3, 0.4) is 0 Å². The summed E-state index contributed by atoms with van der Waals surface area (Å²) in [6.07, 6.45) is 1.64. The van der Waals surface area contributed by atoms with E-state index >= 15 is 0 Å². The third kappa shape index (κ3) is 3.65. The third-order valence-corrected chi connectivity index (χ3v) is 6.92. The van der Waals surface area contributed by atoms with Gasteiger partial charge >= 0.3 is 0 Å². The number of hydrogen-bond donors (Lipinski definition) is 0. The van der Waals surface area contributed by atoms with Crippen LogP contribution in [0.25, 0.3) is 6.08 Å². The zero-order valence-electron chi connectivity index (χ0n) is 14.2. The molecule has 2 heterocycles. The van der Waals surface area contributed by atoms with Gasteiger partial charge in [0, 0.05) is 15.6 Å². The van der Waals surface area contributed by atoms with Crippen LogP contribution >= 0.6 is 23.2 Å². The van der Waals surface area contributed by atoms with E-state index in [2.05, 4.69) is 0 Å². The van der Waals surface area contributed by atoms with Gasteiger partial charge in [-0.2, -0.15) is 5.26 Å². The molecule has 9 heteroatoms. The van der Waals surface area contributed by atoms with Crippen LogP contribution in [-0.4, -0.2) is 42.7 Å². The average Bonchev–Trinajstić information content (AvgIpc) is 2.93. The maximum absolute atomic E-state index is 13.0. The number of amides is 2. The summed E-state index contributed by atoms with van der Waals surface area (Å²) < 4.78 is 23.6. The highest BCUT2D eigenvalue weighted by atomic mass is 35.5. The van der Waals surface area contributed by atoms with Crippen molar-refractivity contribution >= 4 is 50.9 Å². The Morgan fingerprint density at radius 3 is 2.52 bits per heavy atom. The molecule has 1 atom stereocenters. The zero-order valence-corrected chi connectivity index (χ0v) is 16.5. The van der Waals surface area contributed by atoms with Gasteiger partial charge in [0.1, 0.15) is 11.6 Å². The molecule has 27 heavy (non-hydrogen) atoms. The van der Waals surface area contributed by atoms with Crippen molar-refractivity contribution < 1.29 is 18.0 Å². The molecule has 1 aromatic rings. The summed E-state index contributed by atoms with van der Waals surface area (Å²) in [6.45, 7) is 1.51. The van der Waals surface area contributed by atoms with Crippen molar-refractivity contribution in [2.45, 2.75) is 19.4 Å². The lowest BCUT2D eigenvalue weighted by Gasteiger charge is -2.31. The van der Waals surface area contributed by atoms with Crippen molar-refractivity contribution in [1.82, 2.24) is 4.90 Å². The number of rotatable bonds is 2. The van der Waals surface area contributed by atoms with Gasteiger partial charge < -0.3 is 0 Å². The van der Waals surface area contributed by atoms with Gasteiger partial charge in [0.2, 0.25) is 0 Å². The molecule has 0 spiro atoms. The molecule has 0 aromatic heterocycles. The molecule has 140 valence electrons. The maximum Gasteiger partial charge on any atom is 0.271 e. The van der Waals surface area contributed by atoms with Gasteiger partial charge in [-0.25, -0.2) is 8.42 Å². The fourth-order valence-corrected chi connectivity index (χ4v) is 5.35. The lowest BCUT2D eigenvalue weighted by molar-refractivity contribution is -0.142. The van der Waals surface area contributed by atoms with Crippen molar-refractivity contribution in [1.29, 1.82) is 5.26 Å². The Bertz CT molecular complexity index is 1070. The molecule has 2 aliphatic heterocycles. The fraction of sp³-hybridized carbons (Fsp3) is 0.278. The summed E-state index contributed by atoms with van der Waals surface area (Å²) in [5.41, 5.74) is 0.667. The first kappa shape index (κ1) is 19.6. The maximum atomic E-state index is 13.0. The van der Waals surface area contributed by atoms with Gasteiger partial charge in [-0.3, -0.25) is 14.5 Å². The summed E-state index contributed by atoms with van der Waals surface area (Å²) >= 11 is 12.0. The van der Waals surface area contributed by atoms with Crippen LogP contribution < -0.4 is 0 Å². The molecule has 0 bridgehead atoms. The van der Waals surface area contributed by atoms with Crippen LogP contribution in [0, 0.1) is 11.3 Å². The Kier molecular flexibility index (Phi) is 5.17. The van der Waals surface area contributed by atoms with Gasteiger partial charge in [0.25, 0.3) is 11.8 Å². The number of nitriles is 1. The molecule has 6 nitrogen and oxygen atoms in total. The first-order valence-electron chi connectivity index (χ1n) is 8.01. The Hall–Kier alpha value is -2.14. The highest BCUT2D eigenvalue weighted by molar-refractivity contribution is 7.91. The molecule has 1 aromatic carbocycles. The molecule has 1 fully saturated rings. The number of hydrogen-bond acceptors (Lipinski definition) is 5. The standard InChI is InChI=1S/C18H14Cl2N2O4S/c1-10-14(6-11-2-3-12(19)7-16(11)20)17(23)22(18(24)15(10)8-21)13-4-5-27(25,26)9-13/h2-3,6-7,13H,4-5,9H2,1H3. The highest BCUT2D eigenvalue weighted by Gasteiger charge is 2.43. The van der Waals surface area contributed by atoms with Crippen molar-refractivity contribution in [3.63, 3.8) is 0 Å². The smallest absolute Gasteiger partial charge is 0.270 e. The van der Waals surface area contributed by atoms with E-state index in [1.54, 1.807) is 12.1 Å². The van der Waals surface area contributed by atoms with E-state index in [4.69, 9.17) is 23.2 Å². The van der Waals surface area contributed by atoms with E-state index in [9.17, 15) is 23.3 Å². The molecule has 1 saturated heterocycles. The number of benzene rings is 1. The number of imide groups is 1. The predicted octanol–water partition coefficient (Wildman–Crippen LogP) is 2.77. The number of carbonyl (C=O) groups excluding carboxylic acids is 2. The van der Waals surface area contributed by atoms with E-state index in [0.29, 0.717) is 15.6 Å². The van der Waals surface area contributed by atoms with E-state index in [-0.39, 0.29) is 34.6 Å². The summed E-state index contributed by atoms with van der Waals surface area (Å²) in [5, 5.41) is 10.1. The second kappa shape index (κ2) is 7.12. The van der Waals surface area contributed by atoms with Crippen molar-refractivity contribution in [3.8, 4) is 6.07 Å². The zero-order chi connectivity index (χ0) is 19.9. The highest BCUT2D eigenvalue weighted by Crippen LogP contribution is 2.32. The minimum atomic E-state index is -3.32. The summed E-state index contributed by atoms with van der Waals surface area (Å²) in [5.74, 6) is -1.79. The second-order valence-corrected chi connectivity index (χ2v) is 9.45. The minimum absolute atomic E-state index is 0.0959. The fourth-order valence-electron chi connectivity index (χ4n) is 3.18. The van der Waals surface area contributed by atoms with Crippen LogP contribution in [0.15, 0.2) is 34.9 Å². The lowest BCUT2D eigenvalue weighted by atomic mass is 9.92. The SMILES string of the molecule is CC1=C(C#N)C(=O)N(C2CCS(=O)(=O)C2)C(=O)C1=Cc1ccc(Cl)cc1Cl. The van der Waals surface area contributed by atoms with Gasteiger partial charge in [-0.1, -0.05) is 29.3 Å². The third-order valence-electron chi connectivity index (χ3n) is 4.61. The van der Waals surface area contributed by atoms with Crippen LogP contribution in [0.5, 0.6) is 0 Å². The minimum Gasteiger partial charge on any atom is -0.270 e. The van der Waals surface area contributed by atoms with Crippen LogP contribution in [0.4, 0.5) is 0 Å². The number of sulfone groups is 1. The molecular formula is C18H14Cl2N2O4S. The Labute approximate surface area is 166 Å². The summed E-state index contributed by atoms with van der Waals surface area (Å²) in [7, 11) is -3.32. The number of nitrogens with zero attached hydrogens (tertiary/aromatic N) is 2. The van der Waals surface area contributed by atoms with Crippen molar-refractivity contribution in [3.05, 3.63) is 50.5 Å². The lowest BCUT2D eigenvalue weighted by Crippen LogP contribution is -2.49. The van der Waals surface area contributed by atoms with Crippen LogP contribution in [0.2, 0.25) is 10.0 Å². The molecule has 0 N–H and O–H groups in total. The van der Waals surface area contributed by atoms with Crippen molar-refractivity contribution in [2.75, 3.05) is 11.5 Å². The number of carbonyl (C=O) groups is 2. The van der Waals surface area contributed by atoms with Gasteiger partial charge in [-0.05, 0) is 42.7 Å². The van der Waals surface area contributed by atoms with E-state index in [0.717, 1.165) is 4.90 Å². The summed E-state index contributed by atoms with van der Waals surface area (Å²) in [6, 6.07) is 5.78. The Morgan fingerprint density at radius 2 is 1.96 bits per heavy atom. The summed E-state index contributed by atoms with van der Waals surface area (Å²) in [4.78, 5) is 26.6. The van der Waals surface area contributed by atoms with E-state index < -0.39 is 27.7 Å². The Morgan fingerprint density at radius 1 is 1.26 bits per heavy atom. The quantitative estimate of drug-likeness (QED) is 0.537. The monoisotopic (exact) mass is 424 g/mol.